The predicted octanol–water partition coefficient (Wildman–Crippen LogP) is 4.35. The molecule has 0 aliphatic carbocycles. The predicted molar refractivity (Wildman–Crippen MR) is 93.5 cm³/mol. The Morgan fingerprint density at radius 1 is 1.03 bits per heavy atom. The molecule has 1 N–H and O–H groups in total. The molecule has 3 rings (SSSR count). The van der Waals surface area contributed by atoms with E-state index in [-0.39, 0.29) is 43.3 Å². The van der Waals surface area contributed by atoms with Gasteiger partial charge in [0, 0.05) is 30.3 Å². The Balaban J connectivity index is 1.70. The molecule has 1 fully saturated rings. The van der Waals surface area contributed by atoms with E-state index in [4.69, 9.17) is 0 Å². The highest BCUT2D eigenvalue weighted by Crippen LogP contribution is 2.33. The molecular formula is C19H15F6N3O2. The molecule has 5 nitrogen and oxygen atoms in total. The lowest BCUT2D eigenvalue weighted by molar-refractivity contribution is -0.140. The molecule has 0 bridgehead atoms. The molecule has 160 valence electrons. The van der Waals surface area contributed by atoms with E-state index in [0.29, 0.717) is 18.2 Å². The molecule has 2 aromatic carbocycles. The Bertz CT molecular complexity index is 979. The molecule has 1 heterocycles. The van der Waals surface area contributed by atoms with E-state index < -0.39 is 35.2 Å². The van der Waals surface area contributed by atoms with E-state index in [0.717, 1.165) is 21.9 Å². The second-order valence-electron chi connectivity index (χ2n) is 6.60. The maximum absolute atomic E-state index is 13.8. The molecule has 2 aromatic rings. The lowest BCUT2D eigenvalue weighted by Crippen LogP contribution is -2.51. The van der Waals surface area contributed by atoms with Gasteiger partial charge in [0.25, 0.3) is 0 Å². The van der Waals surface area contributed by atoms with Gasteiger partial charge in [0.15, 0.2) is 0 Å². The molecule has 0 unspecified atom stereocenters. The van der Waals surface area contributed by atoms with Crippen LogP contribution in [0.1, 0.15) is 17.5 Å². The third-order valence-corrected chi connectivity index (χ3v) is 4.48. The van der Waals surface area contributed by atoms with Crippen LogP contribution in [0.4, 0.5) is 36.8 Å². The fourth-order valence-corrected chi connectivity index (χ4v) is 2.93. The summed E-state index contributed by atoms with van der Waals surface area (Å²) in [7, 11) is 0. The quantitative estimate of drug-likeness (QED) is 0.735. The smallest absolute Gasteiger partial charge is 0.320 e. The highest BCUT2D eigenvalue weighted by atomic mass is 19.4. The number of anilines is 1. The number of amides is 3. The van der Waals surface area contributed by atoms with Crippen LogP contribution in [0, 0.1) is 17.5 Å². The summed E-state index contributed by atoms with van der Waals surface area (Å²) in [6, 6.07) is 4.09. The third-order valence-electron chi connectivity index (χ3n) is 4.48. The SMILES string of the molecule is O=C1CCN(C(=O)Nc2ccc(F)c(C(F)(F)F)c2)CN1Cc1ccc(F)cc1F. The number of benzene rings is 2. The first kappa shape index (κ1) is 21.5. The molecule has 0 atom stereocenters. The van der Waals surface area contributed by atoms with E-state index in [1.807, 2.05) is 0 Å². The zero-order valence-corrected chi connectivity index (χ0v) is 15.3. The Labute approximate surface area is 166 Å². The number of hydrogen-bond donors (Lipinski definition) is 1. The minimum Gasteiger partial charge on any atom is -0.320 e. The average Bonchev–Trinajstić information content (AvgIpc) is 2.66. The molecule has 11 heteroatoms. The van der Waals surface area contributed by atoms with Crippen LogP contribution in [0.15, 0.2) is 36.4 Å². The van der Waals surface area contributed by atoms with Gasteiger partial charge in [-0.25, -0.2) is 18.0 Å². The van der Waals surface area contributed by atoms with Gasteiger partial charge in [-0.15, -0.1) is 0 Å². The van der Waals surface area contributed by atoms with Crippen LogP contribution in [-0.2, 0) is 17.5 Å². The Morgan fingerprint density at radius 2 is 1.77 bits per heavy atom. The summed E-state index contributed by atoms with van der Waals surface area (Å²) < 4.78 is 78.7. The summed E-state index contributed by atoms with van der Waals surface area (Å²) >= 11 is 0. The summed E-state index contributed by atoms with van der Waals surface area (Å²) in [5, 5.41) is 2.23. The van der Waals surface area contributed by atoms with E-state index in [9.17, 15) is 35.9 Å². The van der Waals surface area contributed by atoms with Gasteiger partial charge in [-0.05, 0) is 24.3 Å². The van der Waals surface area contributed by atoms with E-state index >= 15 is 0 Å². The summed E-state index contributed by atoms with van der Waals surface area (Å²) in [6.45, 7) is -0.487. The number of halogens is 6. The Hall–Kier alpha value is -3.24. The van der Waals surface area contributed by atoms with Crippen LogP contribution in [0.25, 0.3) is 0 Å². The van der Waals surface area contributed by atoms with Crippen LogP contribution in [0.2, 0.25) is 0 Å². The molecule has 30 heavy (non-hydrogen) atoms. The zero-order valence-electron chi connectivity index (χ0n) is 15.3. The van der Waals surface area contributed by atoms with Crippen LogP contribution in [0.5, 0.6) is 0 Å². The van der Waals surface area contributed by atoms with Crippen molar-refractivity contribution in [3.8, 4) is 0 Å². The highest BCUT2D eigenvalue weighted by Gasteiger charge is 2.34. The maximum Gasteiger partial charge on any atom is 0.419 e. The summed E-state index contributed by atoms with van der Waals surface area (Å²) in [5.41, 5.74) is -1.76. The van der Waals surface area contributed by atoms with Crippen molar-refractivity contribution < 1.29 is 35.9 Å². The lowest BCUT2D eigenvalue weighted by Gasteiger charge is -2.35. The lowest BCUT2D eigenvalue weighted by atomic mass is 10.1. The van der Waals surface area contributed by atoms with Crippen molar-refractivity contribution in [2.75, 3.05) is 18.5 Å². The monoisotopic (exact) mass is 431 g/mol. The zero-order chi connectivity index (χ0) is 22.1. The van der Waals surface area contributed by atoms with E-state index in [1.54, 1.807) is 0 Å². The topological polar surface area (TPSA) is 52.7 Å². The number of alkyl halides is 3. The normalized spacial score (nSPS) is 14.8. The van der Waals surface area contributed by atoms with Gasteiger partial charge in [-0.1, -0.05) is 6.07 Å². The summed E-state index contributed by atoms with van der Waals surface area (Å²) in [6.07, 6.45) is -5.02. The van der Waals surface area contributed by atoms with Crippen molar-refractivity contribution in [1.82, 2.24) is 9.80 Å². The van der Waals surface area contributed by atoms with Crippen molar-refractivity contribution >= 4 is 17.6 Å². The van der Waals surface area contributed by atoms with E-state index in [2.05, 4.69) is 5.32 Å². The molecule has 1 saturated heterocycles. The number of nitrogens with zero attached hydrogens (tertiary/aromatic N) is 2. The standard InChI is InChI=1S/C19H15F6N3O2/c20-12-2-1-11(16(22)7-12)9-28-10-27(6-5-17(28)29)18(30)26-13-3-4-15(21)14(8-13)19(23,24)25/h1-4,7-8H,5-6,9-10H2,(H,26,30). The number of carbonyl (C=O) groups is 2. The van der Waals surface area contributed by atoms with Crippen molar-refractivity contribution in [2.24, 2.45) is 0 Å². The summed E-state index contributed by atoms with van der Waals surface area (Å²) in [5.74, 6) is -3.48. The number of rotatable bonds is 3. The molecule has 1 aliphatic heterocycles. The first-order valence-corrected chi connectivity index (χ1v) is 8.69. The van der Waals surface area contributed by atoms with Crippen molar-refractivity contribution in [3.05, 3.63) is 65.0 Å². The van der Waals surface area contributed by atoms with Gasteiger partial charge in [0.2, 0.25) is 5.91 Å². The van der Waals surface area contributed by atoms with Crippen molar-refractivity contribution in [3.63, 3.8) is 0 Å². The van der Waals surface area contributed by atoms with Crippen LogP contribution in [0.3, 0.4) is 0 Å². The number of carbonyl (C=O) groups excluding carboxylic acids is 2. The van der Waals surface area contributed by atoms with Gasteiger partial charge >= 0.3 is 12.2 Å². The molecule has 0 radical (unpaired) electrons. The third kappa shape index (κ3) is 4.84. The Kier molecular flexibility index (Phi) is 5.90. The van der Waals surface area contributed by atoms with Crippen LogP contribution >= 0.6 is 0 Å². The van der Waals surface area contributed by atoms with Crippen LogP contribution < -0.4 is 5.32 Å². The summed E-state index contributed by atoms with van der Waals surface area (Å²) in [4.78, 5) is 26.8. The fraction of sp³-hybridized carbons (Fsp3) is 0.263. The molecule has 0 aromatic heterocycles. The highest BCUT2D eigenvalue weighted by molar-refractivity contribution is 5.90. The van der Waals surface area contributed by atoms with Crippen LogP contribution in [-0.4, -0.2) is 35.0 Å². The van der Waals surface area contributed by atoms with Gasteiger partial charge < -0.3 is 15.1 Å². The first-order chi connectivity index (χ1) is 14.0. The first-order valence-electron chi connectivity index (χ1n) is 8.69. The van der Waals surface area contributed by atoms with E-state index in [1.165, 1.54) is 6.07 Å². The fourth-order valence-electron chi connectivity index (χ4n) is 2.93. The largest absolute Gasteiger partial charge is 0.419 e. The Morgan fingerprint density at radius 3 is 2.43 bits per heavy atom. The number of urea groups is 1. The number of hydrogen-bond acceptors (Lipinski definition) is 2. The molecule has 0 spiro atoms. The average molecular weight is 431 g/mol. The molecular weight excluding hydrogens is 416 g/mol. The van der Waals surface area contributed by atoms with Gasteiger partial charge in [-0.2, -0.15) is 13.2 Å². The second-order valence-corrected chi connectivity index (χ2v) is 6.60. The minimum atomic E-state index is -4.93. The maximum atomic E-state index is 13.8. The minimum absolute atomic E-state index is 0.0135. The van der Waals surface area contributed by atoms with Gasteiger partial charge in [0.1, 0.15) is 17.5 Å². The van der Waals surface area contributed by atoms with Crippen molar-refractivity contribution in [1.29, 1.82) is 0 Å². The number of nitrogens with one attached hydrogen (secondary N) is 1. The van der Waals surface area contributed by atoms with Gasteiger partial charge in [-0.3, -0.25) is 4.79 Å². The molecule has 0 saturated carbocycles. The second kappa shape index (κ2) is 8.25. The van der Waals surface area contributed by atoms with Gasteiger partial charge in [0.05, 0.1) is 18.8 Å². The molecule has 3 amide bonds. The van der Waals surface area contributed by atoms with Crippen molar-refractivity contribution in [2.45, 2.75) is 19.1 Å². The molecule has 1 aliphatic rings.